The van der Waals surface area contributed by atoms with Gasteiger partial charge in [0.15, 0.2) is 17.4 Å². The fourth-order valence-electron chi connectivity index (χ4n) is 7.90. The molecule has 0 aliphatic carbocycles. The Morgan fingerprint density at radius 1 is 1.00 bits per heavy atom. The standard InChI is InChI=1S/C44H53N8O8P/c1-29(2)52(30(3)4)61(58-24-12-23-45)60-38-37-41(51-28-46-36-39(51)48-42(49-40(36)53)47-27-50(5)6)59-43(38,25-56-37)26-57-44(31-13-10-9-11-14-31,32-15-19-34(54-7)20-16-32)33-17-21-35(55-8)22-18-33/h9-11,13-22,27-30,37-38,41H,12,24-26H2,1-8H3,(H,48,49,53)/b47-27+/t37-,38+,41-,43-,61?/m1/s1. The van der Waals surface area contributed by atoms with Crippen molar-refractivity contribution in [1.29, 1.82) is 5.26 Å². The van der Waals surface area contributed by atoms with Gasteiger partial charge in [-0.2, -0.15) is 10.2 Å². The Morgan fingerprint density at radius 2 is 1.62 bits per heavy atom. The van der Waals surface area contributed by atoms with E-state index in [1.807, 2.05) is 93.0 Å². The molecule has 2 aromatic heterocycles. The number of H-pyrrole nitrogens is 1. The molecule has 0 amide bonds. The van der Waals surface area contributed by atoms with Crippen LogP contribution in [0.15, 0.2) is 95.0 Å². The summed E-state index contributed by atoms with van der Waals surface area (Å²) in [4.78, 5) is 31.2. The SMILES string of the molecule is COc1ccc(C(OC[C@@]23CO[C@@H]([C@H](n4cnc5c(=O)[nH]c(/N=C/N(C)C)nc54)O2)[C@@H]3OP(OCCC#N)N(C(C)C)C(C)C)(c2ccccc2)c2ccc(OC)cc2)cc1. The third kappa shape index (κ3) is 8.78. The summed E-state index contributed by atoms with van der Waals surface area (Å²) < 4.78 is 50.0. The molecule has 2 aliphatic heterocycles. The number of hydrogen-bond acceptors (Lipinski definition) is 13. The average molecular weight is 853 g/mol. The Balaban J connectivity index is 1.37. The fraction of sp³-hybridized carbons (Fsp3) is 0.432. The summed E-state index contributed by atoms with van der Waals surface area (Å²) in [6.45, 7) is 8.59. The average Bonchev–Trinajstić information content (AvgIpc) is 3.93. The third-order valence-electron chi connectivity index (χ3n) is 10.7. The molecule has 0 spiro atoms. The molecule has 2 saturated heterocycles. The first-order chi connectivity index (χ1) is 29.4. The smallest absolute Gasteiger partial charge is 0.280 e. The number of aliphatic imine (C=N–C) groups is 1. The first-order valence-corrected chi connectivity index (χ1v) is 21.3. The van der Waals surface area contributed by atoms with Crippen LogP contribution in [-0.4, -0.2) is 113 Å². The number of imidazole rings is 1. The van der Waals surface area contributed by atoms with Crippen molar-refractivity contribution in [3.63, 3.8) is 0 Å². The van der Waals surface area contributed by atoms with Crippen LogP contribution in [0.3, 0.4) is 0 Å². The van der Waals surface area contributed by atoms with Gasteiger partial charge in [0.1, 0.15) is 34.9 Å². The Labute approximate surface area is 357 Å². The van der Waals surface area contributed by atoms with Crippen molar-refractivity contribution in [2.24, 2.45) is 4.99 Å². The highest BCUT2D eigenvalue weighted by Crippen LogP contribution is 2.56. The lowest BCUT2D eigenvalue weighted by Crippen LogP contribution is -2.49. The zero-order valence-electron chi connectivity index (χ0n) is 35.7. The quantitative estimate of drug-likeness (QED) is 0.0307. The molecule has 2 bridgehead atoms. The van der Waals surface area contributed by atoms with Gasteiger partial charge in [-0.15, -0.1) is 0 Å². The van der Waals surface area contributed by atoms with Gasteiger partial charge in [0.25, 0.3) is 14.1 Å². The molecule has 322 valence electrons. The number of rotatable bonds is 19. The Hall–Kier alpha value is -5.24. The lowest BCUT2D eigenvalue weighted by Gasteiger charge is -2.41. The summed E-state index contributed by atoms with van der Waals surface area (Å²) in [6, 6.07) is 27.9. The van der Waals surface area contributed by atoms with Gasteiger partial charge in [-0.1, -0.05) is 54.6 Å². The zero-order valence-corrected chi connectivity index (χ0v) is 36.6. The van der Waals surface area contributed by atoms with Crippen LogP contribution in [0.2, 0.25) is 0 Å². The highest BCUT2D eigenvalue weighted by Gasteiger charge is 2.65. The maximum absolute atomic E-state index is 13.3. The summed E-state index contributed by atoms with van der Waals surface area (Å²) in [5.74, 6) is 1.50. The number of nitrogens with one attached hydrogen (secondary N) is 1. The predicted octanol–water partition coefficient (Wildman–Crippen LogP) is 6.69. The number of methoxy groups -OCH3 is 2. The van der Waals surface area contributed by atoms with Crippen molar-refractivity contribution in [2.45, 2.75) is 75.8 Å². The van der Waals surface area contributed by atoms with Crippen LogP contribution in [-0.2, 0) is 28.9 Å². The number of nitrogens with zero attached hydrogens (tertiary/aromatic N) is 7. The van der Waals surface area contributed by atoms with E-state index in [1.165, 1.54) is 6.33 Å². The minimum atomic E-state index is -1.77. The van der Waals surface area contributed by atoms with Crippen LogP contribution < -0.4 is 15.0 Å². The van der Waals surface area contributed by atoms with Gasteiger partial charge in [-0.3, -0.25) is 14.3 Å². The molecule has 0 radical (unpaired) electrons. The number of hydrogen-bond donors (Lipinski definition) is 1. The molecule has 61 heavy (non-hydrogen) atoms. The molecule has 4 heterocycles. The van der Waals surface area contributed by atoms with Crippen molar-refractivity contribution < 1.29 is 32.7 Å². The van der Waals surface area contributed by atoms with E-state index in [0.717, 1.165) is 16.7 Å². The Morgan fingerprint density at radius 3 is 2.20 bits per heavy atom. The molecule has 2 fully saturated rings. The molecule has 3 aromatic carbocycles. The van der Waals surface area contributed by atoms with E-state index in [9.17, 15) is 10.1 Å². The highest BCUT2D eigenvalue weighted by molar-refractivity contribution is 7.44. The van der Waals surface area contributed by atoms with Crippen molar-refractivity contribution in [3.05, 3.63) is 112 Å². The zero-order chi connectivity index (χ0) is 43.3. The molecule has 5 aromatic rings. The molecule has 5 atom stereocenters. The highest BCUT2D eigenvalue weighted by atomic mass is 31.2. The van der Waals surface area contributed by atoms with E-state index in [1.54, 1.807) is 30.0 Å². The number of aromatic amines is 1. The van der Waals surface area contributed by atoms with Crippen LogP contribution >= 0.6 is 8.53 Å². The van der Waals surface area contributed by atoms with Gasteiger partial charge >= 0.3 is 0 Å². The Kier molecular flexibility index (Phi) is 13.5. The lowest BCUT2D eigenvalue weighted by molar-refractivity contribution is -0.202. The van der Waals surface area contributed by atoms with E-state index in [0.29, 0.717) is 11.5 Å². The summed E-state index contributed by atoms with van der Waals surface area (Å²) in [6.07, 6.45) is 0.908. The number of nitriles is 1. The van der Waals surface area contributed by atoms with E-state index in [2.05, 4.69) is 53.4 Å². The van der Waals surface area contributed by atoms with Gasteiger partial charge in [0.05, 0.1) is 59.2 Å². The number of ether oxygens (including phenoxy) is 5. The van der Waals surface area contributed by atoms with Gasteiger partial charge in [-0.25, -0.2) is 14.6 Å². The largest absolute Gasteiger partial charge is 0.497 e. The van der Waals surface area contributed by atoms with Crippen LogP contribution in [0.4, 0.5) is 5.95 Å². The lowest BCUT2D eigenvalue weighted by atomic mass is 9.79. The molecule has 2 aliphatic rings. The molecule has 1 unspecified atom stereocenters. The van der Waals surface area contributed by atoms with Gasteiger partial charge in [-0.05, 0) is 68.7 Å². The second kappa shape index (κ2) is 18.8. The summed E-state index contributed by atoms with van der Waals surface area (Å²) in [7, 11) is 5.14. The molecule has 16 nitrogen and oxygen atoms in total. The van der Waals surface area contributed by atoms with Gasteiger partial charge in [0, 0.05) is 26.2 Å². The minimum Gasteiger partial charge on any atom is -0.497 e. The Bertz CT molecular complexity index is 2310. The molecular weight excluding hydrogens is 800 g/mol. The second-order valence-electron chi connectivity index (χ2n) is 15.6. The minimum absolute atomic E-state index is 0.0264. The first kappa shape index (κ1) is 43.8. The van der Waals surface area contributed by atoms with Crippen LogP contribution in [0.25, 0.3) is 11.2 Å². The van der Waals surface area contributed by atoms with Crippen LogP contribution in [0.5, 0.6) is 11.5 Å². The predicted molar refractivity (Wildman–Crippen MR) is 231 cm³/mol. The molecule has 1 N–H and O–H groups in total. The maximum Gasteiger partial charge on any atom is 0.280 e. The van der Waals surface area contributed by atoms with Gasteiger partial charge < -0.3 is 37.6 Å². The van der Waals surface area contributed by atoms with Crippen molar-refractivity contribution in [2.75, 3.05) is 48.1 Å². The van der Waals surface area contributed by atoms with E-state index in [4.69, 9.17) is 37.7 Å². The number of aromatic nitrogens is 4. The topological polar surface area (TPSA) is 171 Å². The fourth-order valence-corrected chi connectivity index (χ4v) is 9.71. The number of fused-ring (bicyclic) bond motifs is 3. The van der Waals surface area contributed by atoms with Gasteiger partial charge in [0.2, 0.25) is 5.95 Å². The molecular formula is C44H53N8O8P. The number of benzene rings is 3. The van der Waals surface area contributed by atoms with E-state index >= 15 is 0 Å². The summed E-state index contributed by atoms with van der Waals surface area (Å²) in [5.41, 5.74) is 0.0492. The monoisotopic (exact) mass is 852 g/mol. The molecule has 0 saturated carbocycles. The van der Waals surface area contributed by atoms with Crippen molar-refractivity contribution in [1.82, 2.24) is 29.1 Å². The van der Waals surface area contributed by atoms with E-state index < -0.39 is 43.7 Å². The molecule has 7 rings (SSSR count). The summed E-state index contributed by atoms with van der Waals surface area (Å²) >= 11 is 0. The molecule has 17 heteroatoms. The summed E-state index contributed by atoms with van der Waals surface area (Å²) in [5, 5.41) is 9.47. The maximum atomic E-state index is 13.3. The van der Waals surface area contributed by atoms with Crippen LogP contribution in [0, 0.1) is 11.3 Å². The van der Waals surface area contributed by atoms with Crippen molar-refractivity contribution in [3.8, 4) is 17.6 Å². The normalized spacial score (nSPS) is 20.6. The third-order valence-corrected chi connectivity index (χ3v) is 12.8. The van der Waals surface area contributed by atoms with E-state index in [-0.39, 0.29) is 55.4 Å². The van der Waals surface area contributed by atoms with Crippen LogP contribution in [0.1, 0.15) is 57.0 Å². The van der Waals surface area contributed by atoms with Crippen molar-refractivity contribution >= 4 is 32.0 Å². The second-order valence-corrected chi connectivity index (χ2v) is 17.0. The first-order valence-electron chi connectivity index (χ1n) is 20.1.